The summed E-state index contributed by atoms with van der Waals surface area (Å²) < 4.78 is 17.1. The Balaban J connectivity index is 1.31. The first kappa shape index (κ1) is 24.7. The zero-order valence-electron chi connectivity index (χ0n) is 21.5. The smallest absolute Gasteiger partial charge is 0.218 e. The minimum atomic E-state index is 0.455. The quantitative estimate of drug-likeness (QED) is 0.298. The highest BCUT2D eigenvalue weighted by Gasteiger charge is 2.21. The SMILES string of the molecule is COc1ccc(COc2ncc(-c3ccccc3)cc2CN2CCN(c3ccccc3OC)CC2)cc1. The lowest BCUT2D eigenvalue weighted by Crippen LogP contribution is -2.46. The van der Waals surface area contributed by atoms with Gasteiger partial charge in [-0.3, -0.25) is 4.90 Å². The van der Waals surface area contributed by atoms with Crippen LogP contribution in [0.1, 0.15) is 11.1 Å². The van der Waals surface area contributed by atoms with E-state index in [-0.39, 0.29) is 0 Å². The van der Waals surface area contributed by atoms with Crippen LogP contribution >= 0.6 is 0 Å². The largest absolute Gasteiger partial charge is 0.497 e. The van der Waals surface area contributed by atoms with Gasteiger partial charge in [-0.2, -0.15) is 0 Å². The third-order valence-electron chi connectivity index (χ3n) is 6.76. The molecule has 0 bridgehead atoms. The molecule has 4 aromatic rings. The normalized spacial score (nSPS) is 13.8. The zero-order chi connectivity index (χ0) is 25.5. The predicted molar refractivity (Wildman–Crippen MR) is 147 cm³/mol. The Hall–Kier alpha value is -4.03. The molecule has 2 heterocycles. The van der Waals surface area contributed by atoms with Gasteiger partial charge in [0.2, 0.25) is 5.88 Å². The molecule has 6 nitrogen and oxygen atoms in total. The molecule has 0 amide bonds. The van der Waals surface area contributed by atoms with Crippen molar-refractivity contribution in [2.45, 2.75) is 13.2 Å². The third-order valence-corrected chi connectivity index (χ3v) is 6.76. The van der Waals surface area contributed by atoms with Crippen molar-refractivity contribution >= 4 is 5.69 Å². The van der Waals surface area contributed by atoms with Crippen molar-refractivity contribution < 1.29 is 14.2 Å². The number of rotatable bonds is 9. The fourth-order valence-electron chi connectivity index (χ4n) is 4.68. The van der Waals surface area contributed by atoms with E-state index in [0.717, 1.165) is 72.2 Å². The molecule has 1 aliphatic rings. The second-order valence-corrected chi connectivity index (χ2v) is 9.13. The maximum atomic E-state index is 6.24. The van der Waals surface area contributed by atoms with E-state index in [0.29, 0.717) is 12.5 Å². The van der Waals surface area contributed by atoms with Gasteiger partial charge in [0, 0.05) is 50.0 Å². The molecular formula is C31H33N3O3. The molecule has 0 N–H and O–H groups in total. The fraction of sp³-hybridized carbons (Fsp3) is 0.258. The van der Waals surface area contributed by atoms with Gasteiger partial charge in [-0.25, -0.2) is 4.98 Å². The number of benzene rings is 3. The first-order valence-electron chi connectivity index (χ1n) is 12.6. The number of para-hydroxylation sites is 2. The highest BCUT2D eigenvalue weighted by molar-refractivity contribution is 5.64. The number of ether oxygens (including phenoxy) is 3. The van der Waals surface area contributed by atoms with Gasteiger partial charge in [0.25, 0.3) is 0 Å². The molecule has 0 saturated carbocycles. The first-order chi connectivity index (χ1) is 18.2. The molecule has 190 valence electrons. The van der Waals surface area contributed by atoms with E-state index in [9.17, 15) is 0 Å². The number of methoxy groups -OCH3 is 2. The van der Waals surface area contributed by atoms with Crippen molar-refractivity contribution in [2.24, 2.45) is 0 Å². The van der Waals surface area contributed by atoms with Gasteiger partial charge in [-0.05, 0) is 41.5 Å². The maximum Gasteiger partial charge on any atom is 0.218 e. The second-order valence-electron chi connectivity index (χ2n) is 9.13. The summed E-state index contributed by atoms with van der Waals surface area (Å²) in [6.07, 6.45) is 1.90. The lowest BCUT2D eigenvalue weighted by Gasteiger charge is -2.36. The van der Waals surface area contributed by atoms with Crippen LogP contribution in [0.5, 0.6) is 17.4 Å². The first-order valence-corrected chi connectivity index (χ1v) is 12.6. The Bertz CT molecular complexity index is 1290. The van der Waals surface area contributed by atoms with Gasteiger partial charge in [0.05, 0.1) is 19.9 Å². The van der Waals surface area contributed by atoms with Crippen molar-refractivity contribution in [3.05, 3.63) is 102 Å². The van der Waals surface area contributed by atoms with Crippen LogP contribution < -0.4 is 19.1 Å². The Morgan fingerprint density at radius 3 is 2.22 bits per heavy atom. The van der Waals surface area contributed by atoms with Crippen LogP contribution in [0, 0.1) is 0 Å². The standard InChI is InChI=1S/C31H33N3O3/c1-35-28-14-12-24(13-15-28)23-37-31-27(20-26(21-32-31)25-8-4-3-5-9-25)22-33-16-18-34(19-17-33)29-10-6-7-11-30(29)36-2/h3-15,20-21H,16-19,22-23H2,1-2H3. The summed E-state index contributed by atoms with van der Waals surface area (Å²) in [7, 11) is 3.40. The summed E-state index contributed by atoms with van der Waals surface area (Å²) in [5, 5.41) is 0. The van der Waals surface area contributed by atoms with Crippen molar-refractivity contribution in [2.75, 3.05) is 45.3 Å². The van der Waals surface area contributed by atoms with E-state index >= 15 is 0 Å². The minimum Gasteiger partial charge on any atom is -0.497 e. The number of pyridine rings is 1. The van der Waals surface area contributed by atoms with Crippen LogP contribution in [0.3, 0.4) is 0 Å². The summed E-state index contributed by atoms with van der Waals surface area (Å²) in [6, 6.07) is 28.8. The molecular weight excluding hydrogens is 462 g/mol. The van der Waals surface area contributed by atoms with Crippen molar-refractivity contribution in [1.29, 1.82) is 0 Å². The molecule has 5 rings (SSSR count). The van der Waals surface area contributed by atoms with Gasteiger partial charge < -0.3 is 19.1 Å². The van der Waals surface area contributed by atoms with Gasteiger partial charge in [-0.1, -0.05) is 54.6 Å². The Morgan fingerprint density at radius 1 is 0.757 bits per heavy atom. The molecule has 0 aliphatic carbocycles. The lowest BCUT2D eigenvalue weighted by molar-refractivity contribution is 0.237. The van der Waals surface area contributed by atoms with E-state index in [1.807, 2.05) is 48.7 Å². The molecule has 1 fully saturated rings. The molecule has 0 atom stereocenters. The van der Waals surface area contributed by atoms with Gasteiger partial charge >= 0.3 is 0 Å². The molecule has 1 aliphatic heterocycles. The molecule has 37 heavy (non-hydrogen) atoms. The summed E-state index contributed by atoms with van der Waals surface area (Å²) in [4.78, 5) is 9.62. The van der Waals surface area contributed by atoms with Crippen LogP contribution in [0.15, 0.2) is 91.1 Å². The zero-order valence-corrected chi connectivity index (χ0v) is 21.5. The number of hydrogen-bond acceptors (Lipinski definition) is 6. The highest BCUT2D eigenvalue weighted by Crippen LogP contribution is 2.30. The highest BCUT2D eigenvalue weighted by atomic mass is 16.5. The average molecular weight is 496 g/mol. The maximum absolute atomic E-state index is 6.24. The van der Waals surface area contributed by atoms with E-state index in [2.05, 4.69) is 52.3 Å². The molecule has 6 heteroatoms. The number of nitrogens with zero attached hydrogens (tertiary/aromatic N) is 3. The molecule has 0 radical (unpaired) electrons. The summed E-state index contributed by atoms with van der Waals surface area (Å²) in [5.41, 5.74) is 5.58. The lowest BCUT2D eigenvalue weighted by atomic mass is 10.1. The second kappa shape index (κ2) is 11.8. The van der Waals surface area contributed by atoms with Crippen LogP contribution in [-0.4, -0.2) is 50.3 Å². The van der Waals surface area contributed by atoms with Crippen molar-refractivity contribution in [1.82, 2.24) is 9.88 Å². The molecule has 0 unspecified atom stereocenters. The van der Waals surface area contributed by atoms with Crippen LogP contribution in [0.4, 0.5) is 5.69 Å². The monoisotopic (exact) mass is 495 g/mol. The van der Waals surface area contributed by atoms with Gasteiger partial charge in [-0.15, -0.1) is 0 Å². The minimum absolute atomic E-state index is 0.455. The van der Waals surface area contributed by atoms with Gasteiger partial charge in [0.15, 0.2) is 0 Å². The Labute approximate surface area is 219 Å². The van der Waals surface area contributed by atoms with E-state index in [4.69, 9.17) is 19.2 Å². The number of hydrogen-bond donors (Lipinski definition) is 0. The average Bonchev–Trinajstić information content (AvgIpc) is 2.97. The Morgan fingerprint density at radius 2 is 1.49 bits per heavy atom. The summed E-state index contributed by atoms with van der Waals surface area (Å²) in [6.45, 7) is 5.02. The fourth-order valence-corrected chi connectivity index (χ4v) is 4.68. The number of aromatic nitrogens is 1. The van der Waals surface area contributed by atoms with E-state index in [1.165, 1.54) is 0 Å². The number of anilines is 1. The van der Waals surface area contributed by atoms with E-state index < -0.39 is 0 Å². The molecule has 0 spiro atoms. The van der Waals surface area contributed by atoms with Gasteiger partial charge in [0.1, 0.15) is 18.1 Å². The molecule has 1 saturated heterocycles. The van der Waals surface area contributed by atoms with Crippen LogP contribution in [-0.2, 0) is 13.2 Å². The third kappa shape index (κ3) is 6.04. The van der Waals surface area contributed by atoms with Crippen LogP contribution in [0.2, 0.25) is 0 Å². The summed E-state index contributed by atoms with van der Waals surface area (Å²) in [5.74, 6) is 2.44. The Kier molecular flexibility index (Phi) is 7.87. The van der Waals surface area contributed by atoms with E-state index in [1.54, 1.807) is 14.2 Å². The number of piperazine rings is 1. The predicted octanol–water partition coefficient (Wildman–Crippen LogP) is 5.67. The molecule has 3 aromatic carbocycles. The van der Waals surface area contributed by atoms with Crippen molar-refractivity contribution in [3.63, 3.8) is 0 Å². The van der Waals surface area contributed by atoms with Crippen LogP contribution in [0.25, 0.3) is 11.1 Å². The summed E-state index contributed by atoms with van der Waals surface area (Å²) >= 11 is 0. The molecule has 1 aromatic heterocycles. The van der Waals surface area contributed by atoms with Crippen molar-refractivity contribution in [3.8, 4) is 28.5 Å². The topological polar surface area (TPSA) is 47.1 Å².